The fourth-order valence-corrected chi connectivity index (χ4v) is 6.96. The van der Waals surface area contributed by atoms with Crippen LogP contribution in [0.1, 0.15) is 91.5 Å². The Labute approximate surface area is 253 Å². The van der Waals surface area contributed by atoms with Gasteiger partial charge in [0.2, 0.25) is 0 Å². The molecule has 0 saturated heterocycles. The van der Waals surface area contributed by atoms with Crippen LogP contribution < -0.4 is 5.73 Å². The Balaban J connectivity index is 2.08. The van der Waals surface area contributed by atoms with Crippen molar-refractivity contribution in [3.8, 4) is 11.5 Å². The quantitative estimate of drug-likeness (QED) is 0.193. The molecule has 0 unspecified atom stereocenters. The molecule has 0 aromatic heterocycles. The van der Waals surface area contributed by atoms with E-state index in [1.54, 1.807) is 0 Å². The SMILES string of the molecule is CC(C)Cc1cc(SCCN(CCN)CCSc2cc(CC(C)C)c(O)c(C(C)(C)C)c2)cc(C(C)(C)C)c1O. The van der Waals surface area contributed by atoms with Crippen LogP contribution in [0.4, 0.5) is 0 Å². The minimum Gasteiger partial charge on any atom is -0.507 e. The molecule has 40 heavy (non-hydrogen) atoms. The number of hydrogen-bond acceptors (Lipinski definition) is 6. The largest absolute Gasteiger partial charge is 0.507 e. The molecule has 0 saturated carbocycles. The highest BCUT2D eigenvalue weighted by molar-refractivity contribution is 7.99. The summed E-state index contributed by atoms with van der Waals surface area (Å²) in [5.41, 5.74) is 9.95. The molecule has 0 fully saturated rings. The van der Waals surface area contributed by atoms with Gasteiger partial charge in [-0.2, -0.15) is 0 Å². The summed E-state index contributed by atoms with van der Waals surface area (Å²) in [5, 5.41) is 21.9. The number of nitrogens with zero attached hydrogens (tertiary/aromatic N) is 1. The van der Waals surface area contributed by atoms with Crippen molar-refractivity contribution in [3.63, 3.8) is 0 Å². The average molecular weight is 589 g/mol. The third kappa shape index (κ3) is 10.8. The van der Waals surface area contributed by atoms with E-state index in [-0.39, 0.29) is 10.8 Å². The van der Waals surface area contributed by atoms with Crippen molar-refractivity contribution in [2.75, 3.05) is 37.7 Å². The fourth-order valence-electron chi connectivity index (χ4n) is 4.93. The molecule has 0 bridgehead atoms. The normalized spacial score (nSPS) is 12.8. The van der Waals surface area contributed by atoms with E-state index in [2.05, 4.69) is 98.4 Å². The lowest BCUT2D eigenvalue weighted by atomic mass is 9.84. The van der Waals surface area contributed by atoms with Crippen LogP contribution in [0.2, 0.25) is 0 Å². The van der Waals surface area contributed by atoms with E-state index >= 15 is 0 Å². The minimum absolute atomic E-state index is 0.106. The fraction of sp³-hybridized carbons (Fsp3) is 0.647. The molecule has 0 heterocycles. The Hall–Kier alpha value is -1.34. The smallest absolute Gasteiger partial charge is 0.122 e. The van der Waals surface area contributed by atoms with E-state index in [4.69, 9.17) is 5.73 Å². The minimum atomic E-state index is -0.106. The Morgan fingerprint density at radius 1 is 0.675 bits per heavy atom. The zero-order valence-corrected chi connectivity index (χ0v) is 28.5. The predicted molar refractivity (Wildman–Crippen MR) is 178 cm³/mol. The van der Waals surface area contributed by atoms with Crippen LogP contribution in [-0.2, 0) is 23.7 Å². The summed E-state index contributed by atoms with van der Waals surface area (Å²) >= 11 is 3.74. The first-order valence-electron chi connectivity index (χ1n) is 14.9. The van der Waals surface area contributed by atoms with E-state index in [9.17, 15) is 10.2 Å². The Morgan fingerprint density at radius 3 is 1.35 bits per heavy atom. The Morgan fingerprint density at radius 2 is 1.05 bits per heavy atom. The molecule has 0 aliphatic carbocycles. The first-order chi connectivity index (χ1) is 18.5. The molecule has 0 aliphatic rings. The van der Waals surface area contributed by atoms with Gasteiger partial charge in [0, 0.05) is 58.6 Å². The molecule has 0 aliphatic heterocycles. The first-order valence-corrected chi connectivity index (χ1v) is 16.9. The van der Waals surface area contributed by atoms with Crippen molar-refractivity contribution in [1.82, 2.24) is 4.90 Å². The Bertz CT molecular complexity index is 1000. The summed E-state index contributed by atoms with van der Waals surface area (Å²) in [6.07, 6.45) is 1.76. The molecule has 2 rings (SSSR count). The third-order valence-corrected chi connectivity index (χ3v) is 8.91. The number of aromatic hydroxyl groups is 2. The van der Waals surface area contributed by atoms with Gasteiger partial charge in [-0.15, -0.1) is 23.5 Å². The second-order valence-corrected chi connectivity index (χ2v) is 16.3. The van der Waals surface area contributed by atoms with Gasteiger partial charge < -0.3 is 20.8 Å². The lowest BCUT2D eigenvalue weighted by Crippen LogP contribution is -2.33. The van der Waals surface area contributed by atoms with Crippen LogP contribution in [0.25, 0.3) is 0 Å². The van der Waals surface area contributed by atoms with Gasteiger partial charge in [-0.25, -0.2) is 0 Å². The molecule has 4 N–H and O–H groups in total. The first kappa shape index (κ1) is 34.9. The van der Waals surface area contributed by atoms with Gasteiger partial charge in [-0.1, -0.05) is 69.2 Å². The summed E-state index contributed by atoms with van der Waals surface area (Å²) in [6, 6.07) is 8.73. The lowest BCUT2D eigenvalue weighted by Gasteiger charge is -2.25. The standard InChI is InChI=1S/C34H56N2O2S2/c1-23(2)17-25-19-27(21-29(31(25)37)33(5,6)7)39-15-13-36(12-11-35)14-16-40-28-20-26(18-24(3)4)32(38)30(22-28)34(8,9)10/h19-24,37-38H,11-18,35H2,1-10H3. The van der Waals surface area contributed by atoms with Crippen LogP contribution in [0.5, 0.6) is 11.5 Å². The van der Waals surface area contributed by atoms with E-state index in [0.29, 0.717) is 29.9 Å². The molecule has 6 heteroatoms. The van der Waals surface area contributed by atoms with Gasteiger partial charge in [0.05, 0.1) is 0 Å². The Kier molecular flexibility index (Phi) is 13.3. The monoisotopic (exact) mass is 588 g/mol. The number of phenols is 2. The van der Waals surface area contributed by atoms with Gasteiger partial charge in [0.25, 0.3) is 0 Å². The highest BCUT2D eigenvalue weighted by Crippen LogP contribution is 2.39. The number of rotatable bonds is 14. The van der Waals surface area contributed by atoms with Gasteiger partial charge >= 0.3 is 0 Å². The van der Waals surface area contributed by atoms with E-state index in [1.165, 1.54) is 9.79 Å². The van der Waals surface area contributed by atoms with Gasteiger partial charge in [-0.05, 0) is 70.9 Å². The molecule has 0 atom stereocenters. The van der Waals surface area contributed by atoms with Crippen LogP contribution in [0, 0.1) is 11.8 Å². The summed E-state index contributed by atoms with van der Waals surface area (Å²) in [4.78, 5) is 4.93. The average Bonchev–Trinajstić information content (AvgIpc) is 2.80. The summed E-state index contributed by atoms with van der Waals surface area (Å²) in [7, 11) is 0. The van der Waals surface area contributed by atoms with E-state index in [0.717, 1.165) is 66.2 Å². The summed E-state index contributed by atoms with van der Waals surface area (Å²) in [5.74, 6) is 3.87. The molecule has 0 amide bonds. The van der Waals surface area contributed by atoms with Crippen LogP contribution in [0.3, 0.4) is 0 Å². The van der Waals surface area contributed by atoms with Crippen molar-refractivity contribution in [3.05, 3.63) is 46.5 Å². The maximum absolute atomic E-state index is 11.0. The van der Waals surface area contributed by atoms with Crippen molar-refractivity contribution in [1.29, 1.82) is 0 Å². The topological polar surface area (TPSA) is 69.7 Å². The molecular weight excluding hydrogens is 533 g/mol. The predicted octanol–water partition coefficient (Wildman–Crippen LogP) is 8.23. The molecule has 2 aromatic carbocycles. The van der Waals surface area contributed by atoms with Crippen LogP contribution in [-0.4, -0.2) is 52.8 Å². The zero-order chi connectivity index (χ0) is 30.3. The molecular formula is C34H56N2O2S2. The summed E-state index contributed by atoms with van der Waals surface area (Å²) < 4.78 is 0. The molecule has 0 radical (unpaired) electrons. The zero-order valence-electron chi connectivity index (χ0n) is 26.9. The van der Waals surface area contributed by atoms with Crippen molar-refractivity contribution < 1.29 is 10.2 Å². The van der Waals surface area contributed by atoms with Gasteiger partial charge in [0.15, 0.2) is 0 Å². The third-order valence-electron chi connectivity index (χ3n) is 6.99. The van der Waals surface area contributed by atoms with Crippen LogP contribution in [0.15, 0.2) is 34.1 Å². The highest BCUT2D eigenvalue weighted by Gasteiger charge is 2.23. The number of benzene rings is 2. The number of hydrogen-bond donors (Lipinski definition) is 3. The molecule has 2 aromatic rings. The molecule has 4 nitrogen and oxygen atoms in total. The van der Waals surface area contributed by atoms with Crippen molar-refractivity contribution >= 4 is 23.5 Å². The molecule has 226 valence electrons. The van der Waals surface area contributed by atoms with E-state index < -0.39 is 0 Å². The second-order valence-electron chi connectivity index (χ2n) is 14.0. The summed E-state index contributed by atoms with van der Waals surface area (Å²) in [6.45, 7) is 25.3. The van der Waals surface area contributed by atoms with Crippen LogP contribution >= 0.6 is 23.5 Å². The lowest BCUT2D eigenvalue weighted by molar-refractivity contribution is 0.318. The highest BCUT2D eigenvalue weighted by atomic mass is 32.2. The van der Waals surface area contributed by atoms with Crippen molar-refractivity contribution in [2.45, 2.75) is 103 Å². The van der Waals surface area contributed by atoms with Gasteiger partial charge in [0.1, 0.15) is 11.5 Å². The van der Waals surface area contributed by atoms with E-state index in [1.807, 2.05) is 23.5 Å². The maximum atomic E-state index is 11.0. The second kappa shape index (κ2) is 15.2. The number of nitrogens with two attached hydrogens (primary N) is 1. The number of phenolic OH excluding ortho intramolecular Hbond substituents is 2. The van der Waals surface area contributed by atoms with Gasteiger partial charge in [-0.3, -0.25) is 0 Å². The maximum Gasteiger partial charge on any atom is 0.122 e. The number of thioether (sulfide) groups is 2. The molecule has 0 spiro atoms. The van der Waals surface area contributed by atoms with Crippen molar-refractivity contribution in [2.24, 2.45) is 17.6 Å².